The summed E-state index contributed by atoms with van der Waals surface area (Å²) in [6, 6.07) is 24.2. The van der Waals surface area contributed by atoms with Crippen LogP contribution in [0.25, 0.3) is 44.3 Å². The number of furan rings is 1. The first kappa shape index (κ1) is 35.9. The normalized spacial score (nSPS) is 11.9. The molecule has 0 atom stereocenters. The quantitative estimate of drug-likeness (QED) is 0.0916. The van der Waals surface area contributed by atoms with E-state index in [1.54, 1.807) is 12.6 Å². The fourth-order valence-electron chi connectivity index (χ4n) is 5.64. The summed E-state index contributed by atoms with van der Waals surface area (Å²) < 4.78 is 5.55. The second-order valence-corrected chi connectivity index (χ2v) is 12.3. The van der Waals surface area contributed by atoms with Crippen LogP contribution in [0.1, 0.15) is 79.7 Å². The molecule has 0 unspecified atom stereocenters. The molecule has 1 radical (unpaired) electrons. The van der Waals surface area contributed by atoms with Crippen molar-refractivity contribution in [2.45, 2.75) is 79.6 Å². The zero-order valence-corrected chi connectivity index (χ0v) is 29.9. The Balaban J connectivity index is 0.000000297. The van der Waals surface area contributed by atoms with Crippen molar-refractivity contribution < 1.29 is 34.4 Å². The maximum absolute atomic E-state index is 11.7. The van der Waals surface area contributed by atoms with Gasteiger partial charge in [-0.25, -0.2) is 4.98 Å². The van der Waals surface area contributed by atoms with Crippen molar-refractivity contribution in [3.05, 3.63) is 96.7 Å². The maximum Gasteiger partial charge on any atom is 0.162 e. The van der Waals surface area contributed by atoms with E-state index in [0.29, 0.717) is 0 Å². The van der Waals surface area contributed by atoms with Gasteiger partial charge in [0.1, 0.15) is 11.9 Å². The van der Waals surface area contributed by atoms with E-state index >= 15 is 0 Å². The van der Waals surface area contributed by atoms with Gasteiger partial charge in [-0.1, -0.05) is 89.7 Å². The first-order valence-corrected chi connectivity index (χ1v) is 15.8. The van der Waals surface area contributed by atoms with Gasteiger partial charge in [0.25, 0.3) is 0 Å². The number of carbonyl (C=O) groups is 1. The molecule has 0 aliphatic carbocycles. The zero-order valence-electron chi connectivity index (χ0n) is 27.5. The predicted molar refractivity (Wildman–Crippen MR) is 182 cm³/mol. The largest absolute Gasteiger partial charge is 0.512 e. The van der Waals surface area contributed by atoms with Crippen LogP contribution in [0.5, 0.6) is 0 Å². The fourth-order valence-corrected chi connectivity index (χ4v) is 5.64. The number of benzene rings is 3. The molecule has 5 nitrogen and oxygen atoms in total. The summed E-state index contributed by atoms with van der Waals surface area (Å²) in [5.41, 5.74) is 5.93. The van der Waals surface area contributed by atoms with Crippen LogP contribution < -0.4 is 0 Å². The molecule has 0 spiro atoms. The molecular formula is C39H45IrN2O3-. The van der Waals surface area contributed by atoms with Crippen molar-refractivity contribution in [3.8, 4) is 22.5 Å². The molecule has 5 rings (SSSR count). The van der Waals surface area contributed by atoms with Crippen LogP contribution in [0.4, 0.5) is 0 Å². The van der Waals surface area contributed by atoms with Crippen LogP contribution in [0.3, 0.4) is 0 Å². The molecule has 2 heterocycles. The topological polar surface area (TPSA) is 76.2 Å². The number of fused-ring (bicyclic) bond motifs is 2. The van der Waals surface area contributed by atoms with Crippen molar-refractivity contribution in [2.24, 2.45) is 11.8 Å². The number of aliphatic hydroxyl groups excluding tert-OH is 1. The third kappa shape index (κ3) is 8.56. The number of hydrogen-bond acceptors (Lipinski definition) is 5. The Morgan fingerprint density at radius 2 is 1.53 bits per heavy atom. The fraction of sp³-hybridized carbons (Fsp3) is 0.359. The molecule has 239 valence electrons. The Labute approximate surface area is 281 Å². The van der Waals surface area contributed by atoms with E-state index < -0.39 is 0 Å². The van der Waals surface area contributed by atoms with Crippen LogP contribution in [-0.2, 0) is 30.3 Å². The van der Waals surface area contributed by atoms with Gasteiger partial charge in [0.15, 0.2) is 5.78 Å². The molecule has 0 saturated carbocycles. The van der Waals surface area contributed by atoms with Gasteiger partial charge in [-0.2, -0.15) is 0 Å². The van der Waals surface area contributed by atoms with Gasteiger partial charge in [0.05, 0.1) is 17.7 Å². The summed E-state index contributed by atoms with van der Waals surface area (Å²) in [7, 11) is 0. The molecule has 0 amide bonds. The molecule has 0 fully saturated rings. The average Bonchev–Trinajstić information content (AvgIpc) is 3.51. The number of aliphatic hydroxyl groups is 1. The molecule has 3 aromatic carbocycles. The summed E-state index contributed by atoms with van der Waals surface area (Å²) in [6.07, 6.45) is 8.25. The third-order valence-electron chi connectivity index (χ3n) is 8.38. The standard InChI is InChI=1S/C26H21N2O.C13H24O2.Ir/c1-26(2,3)22-14-18(13-17-7-4-5-8-19(17)22)23-15-24(28-16-27-23)20-9-6-10-25-21(20)11-12-29-25;1-5-10(6-2)12(14)9-13(15)11(7-3)8-4;/h4-12,14-16H,1-3H3;9-11,14H,5-8H2,1-4H3;/q-1;;/b;12-9-;. The molecule has 0 saturated heterocycles. The number of ketones is 1. The maximum atomic E-state index is 11.7. The second kappa shape index (κ2) is 16.1. The third-order valence-corrected chi connectivity index (χ3v) is 8.38. The number of carbonyl (C=O) groups excluding carboxylic acids is 1. The Kier molecular flexibility index (Phi) is 12.8. The molecule has 1 N–H and O–H groups in total. The van der Waals surface area contributed by atoms with Gasteiger partial charge in [-0.05, 0) is 49.3 Å². The van der Waals surface area contributed by atoms with Gasteiger partial charge in [0, 0.05) is 54.7 Å². The molecule has 0 bridgehead atoms. The molecule has 0 aliphatic rings. The zero-order chi connectivity index (χ0) is 31.9. The van der Waals surface area contributed by atoms with E-state index in [1.165, 1.54) is 17.0 Å². The molecule has 2 aromatic heterocycles. The van der Waals surface area contributed by atoms with E-state index in [2.05, 4.69) is 73.2 Å². The Morgan fingerprint density at radius 3 is 2.20 bits per heavy atom. The van der Waals surface area contributed by atoms with Gasteiger partial charge in [-0.15, -0.1) is 29.1 Å². The van der Waals surface area contributed by atoms with Gasteiger partial charge in [-0.3, -0.25) is 9.78 Å². The van der Waals surface area contributed by atoms with E-state index in [4.69, 9.17) is 4.42 Å². The van der Waals surface area contributed by atoms with E-state index in [9.17, 15) is 9.90 Å². The Morgan fingerprint density at radius 1 is 0.867 bits per heavy atom. The minimum atomic E-state index is 0. The average molecular weight is 782 g/mol. The summed E-state index contributed by atoms with van der Waals surface area (Å²) in [5, 5.41) is 13.2. The minimum Gasteiger partial charge on any atom is -0.512 e. The number of hydrogen-bond donors (Lipinski definition) is 1. The monoisotopic (exact) mass is 782 g/mol. The molecule has 45 heavy (non-hydrogen) atoms. The summed E-state index contributed by atoms with van der Waals surface area (Å²) >= 11 is 0. The number of allylic oxidation sites excluding steroid dienone is 2. The number of nitrogens with zero attached hydrogens (tertiary/aromatic N) is 2. The first-order chi connectivity index (χ1) is 21.1. The van der Waals surface area contributed by atoms with E-state index in [1.807, 2.05) is 52.0 Å². The molecule has 6 heteroatoms. The van der Waals surface area contributed by atoms with Crippen LogP contribution >= 0.6 is 0 Å². The first-order valence-electron chi connectivity index (χ1n) is 15.8. The van der Waals surface area contributed by atoms with E-state index in [0.717, 1.165) is 64.6 Å². The Hall–Kier alpha value is -3.60. The summed E-state index contributed by atoms with van der Waals surface area (Å²) in [6.45, 7) is 14.8. The van der Waals surface area contributed by atoms with Crippen LogP contribution in [0.15, 0.2) is 89.5 Å². The smallest absolute Gasteiger partial charge is 0.162 e. The minimum absolute atomic E-state index is 0. The number of rotatable bonds is 9. The van der Waals surface area contributed by atoms with Crippen LogP contribution in [-0.4, -0.2) is 20.9 Å². The predicted octanol–water partition coefficient (Wildman–Crippen LogP) is 10.7. The molecule has 5 aromatic rings. The summed E-state index contributed by atoms with van der Waals surface area (Å²) in [4.78, 5) is 20.8. The van der Waals surface area contributed by atoms with Crippen molar-refractivity contribution in [3.63, 3.8) is 0 Å². The second-order valence-electron chi connectivity index (χ2n) is 12.3. The van der Waals surface area contributed by atoms with Gasteiger partial charge < -0.3 is 9.52 Å². The number of aromatic nitrogens is 2. The van der Waals surface area contributed by atoms with Crippen molar-refractivity contribution in [2.75, 3.05) is 0 Å². The summed E-state index contributed by atoms with van der Waals surface area (Å²) in [5.74, 6) is 0.547. The van der Waals surface area contributed by atoms with E-state index in [-0.39, 0.29) is 48.9 Å². The Bertz CT molecular complexity index is 1740. The van der Waals surface area contributed by atoms with Crippen LogP contribution in [0, 0.1) is 17.9 Å². The van der Waals surface area contributed by atoms with Crippen molar-refractivity contribution in [1.29, 1.82) is 0 Å². The van der Waals surface area contributed by atoms with Crippen LogP contribution in [0.2, 0.25) is 0 Å². The molecular weight excluding hydrogens is 737 g/mol. The molecule has 0 aliphatic heterocycles. The van der Waals surface area contributed by atoms with Crippen molar-refractivity contribution in [1.82, 2.24) is 9.97 Å². The van der Waals surface area contributed by atoms with Gasteiger partial charge >= 0.3 is 0 Å². The van der Waals surface area contributed by atoms with Crippen molar-refractivity contribution >= 4 is 27.5 Å². The van der Waals surface area contributed by atoms with Gasteiger partial charge in [0.2, 0.25) is 0 Å². The SMILES string of the molecule is CC(C)(C)c1cc(-c2cc(-c3cccc4occc34)ncn2)[c-]c2ccccc12.CCC(CC)C(=O)/C=C(\O)C(CC)CC.[Ir].